The maximum absolute atomic E-state index is 12.8. The zero-order valence-electron chi connectivity index (χ0n) is 24.7. The monoisotopic (exact) mass is 610 g/mol. The fourth-order valence-corrected chi connectivity index (χ4v) is 4.66. The minimum Gasteiger partial charge on any atom is -0.457 e. The van der Waals surface area contributed by atoms with Crippen LogP contribution in [0.4, 0.5) is 4.39 Å². The molecule has 8 heteroatoms. The van der Waals surface area contributed by atoms with Gasteiger partial charge in [0.2, 0.25) is 0 Å². The summed E-state index contributed by atoms with van der Waals surface area (Å²) >= 11 is 0.875. The van der Waals surface area contributed by atoms with Gasteiger partial charge in [0.15, 0.2) is 11.6 Å². The molecule has 0 bridgehead atoms. The first-order valence-corrected chi connectivity index (χ1v) is 14.4. The molecule has 0 spiro atoms. The molecule has 44 heavy (non-hydrogen) atoms. The summed E-state index contributed by atoms with van der Waals surface area (Å²) in [5.74, 6) is 0.865. The van der Waals surface area contributed by atoms with Crippen molar-refractivity contribution < 1.29 is 33.3 Å². The van der Waals surface area contributed by atoms with Crippen LogP contribution >= 0.6 is 12.0 Å². The molecule has 0 aliphatic heterocycles. The van der Waals surface area contributed by atoms with Gasteiger partial charge >= 0.3 is 0 Å². The summed E-state index contributed by atoms with van der Waals surface area (Å²) in [6, 6.07) is 31.4. The topological polar surface area (TPSA) is 82.1 Å². The zero-order valence-corrected chi connectivity index (χ0v) is 25.5. The Balaban J connectivity index is 0.000000223. The molecule has 0 saturated carbocycles. The molecule has 0 aliphatic carbocycles. The molecular formula is C36H31FO6S. The van der Waals surface area contributed by atoms with E-state index in [1.807, 2.05) is 64.1 Å². The van der Waals surface area contributed by atoms with Gasteiger partial charge in [-0.3, -0.25) is 9.59 Å². The molecule has 0 unspecified atom stereocenters. The average molecular weight is 611 g/mol. The molecule has 0 radical (unpaired) electrons. The lowest BCUT2D eigenvalue weighted by Gasteiger charge is -2.09. The van der Waals surface area contributed by atoms with Crippen molar-refractivity contribution in [1.82, 2.24) is 0 Å². The second-order valence-electron chi connectivity index (χ2n) is 10.1. The molecule has 0 atom stereocenters. The highest BCUT2D eigenvalue weighted by Gasteiger charge is 2.13. The van der Waals surface area contributed by atoms with Crippen LogP contribution in [-0.2, 0) is 9.37 Å². The van der Waals surface area contributed by atoms with Gasteiger partial charge in [-0.1, -0.05) is 40.4 Å². The summed E-state index contributed by atoms with van der Waals surface area (Å²) in [5.41, 5.74) is 6.51. The lowest BCUT2D eigenvalue weighted by atomic mass is 9.97. The quantitative estimate of drug-likeness (QED) is 0.0770. The summed E-state index contributed by atoms with van der Waals surface area (Å²) in [5, 5.41) is 11.7. The molecule has 0 amide bonds. The first kappa shape index (κ1) is 32.3. The number of halogens is 1. The van der Waals surface area contributed by atoms with Crippen LogP contribution < -0.4 is 4.74 Å². The van der Waals surface area contributed by atoms with Gasteiger partial charge in [-0.05, 0) is 124 Å². The van der Waals surface area contributed by atoms with Gasteiger partial charge in [0.25, 0.3) is 0 Å². The molecule has 224 valence electrons. The Morgan fingerprint density at radius 2 is 1.05 bits per heavy atom. The summed E-state index contributed by atoms with van der Waals surface area (Å²) < 4.78 is 22.9. The van der Waals surface area contributed by atoms with Crippen LogP contribution in [0.15, 0.2) is 114 Å². The van der Waals surface area contributed by atoms with E-state index in [1.165, 1.54) is 24.3 Å². The summed E-state index contributed by atoms with van der Waals surface area (Å²) in [6.45, 7) is 7.75. The second kappa shape index (κ2) is 15.2. The molecule has 0 saturated heterocycles. The molecule has 0 aromatic heterocycles. The predicted octanol–water partition coefficient (Wildman–Crippen LogP) is 9.43. The van der Waals surface area contributed by atoms with Gasteiger partial charge in [-0.15, -0.1) is 4.33 Å². The van der Waals surface area contributed by atoms with E-state index in [9.17, 15) is 14.0 Å². The third-order valence-electron chi connectivity index (χ3n) is 6.72. The fourth-order valence-electron chi connectivity index (χ4n) is 4.30. The Hall–Kier alpha value is -4.60. The van der Waals surface area contributed by atoms with Crippen LogP contribution in [0.2, 0.25) is 0 Å². The van der Waals surface area contributed by atoms with Gasteiger partial charge in [0.05, 0.1) is 12.0 Å². The lowest BCUT2D eigenvalue weighted by Crippen LogP contribution is -2.04. The largest absolute Gasteiger partial charge is 0.457 e. The van der Waals surface area contributed by atoms with Gasteiger partial charge < -0.3 is 4.74 Å². The Bertz CT molecular complexity index is 1730. The smallest absolute Gasteiger partial charge is 0.193 e. The average Bonchev–Trinajstić information content (AvgIpc) is 3.03. The Morgan fingerprint density at radius 3 is 1.50 bits per heavy atom. The van der Waals surface area contributed by atoms with Crippen molar-refractivity contribution in [3.8, 4) is 11.5 Å². The summed E-state index contributed by atoms with van der Waals surface area (Å²) in [7, 11) is 0. The Labute approximate surface area is 260 Å². The van der Waals surface area contributed by atoms with E-state index >= 15 is 0 Å². The van der Waals surface area contributed by atoms with Gasteiger partial charge in [-0.2, -0.15) is 0 Å². The number of hydrogen-bond donors (Lipinski definition) is 1. The molecule has 6 nitrogen and oxygen atoms in total. The van der Waals surface area contributed by atoms with E-state index in [0.717, 1.165) is 39.2 Å². The number of ether oxygens (including phenoxy) is 1. The predicted molar refractivity (Wildman–Crippen MR) is 169 cm³/mol. The number of aryl methyl sites for hydroxylation is 4. The van der Waals surface area contributed by atoms with E-state index in [0.29, 0.717) is 33.8 Å². The van der Waals surface area contributed by atoms with Crippen molar-refractivity contribution in [2.24, 2.45) is 0 Å². The van der Waals surface area contributed by atoms with E-state index in [-0.39, 0.29) is 17.4 Å². The minimum absolute atomic E-state index is 0.00442. The van der Waals surface area contributed by atoms with Crippen molar-refractivity contribution in [3.05, 3.63) is 160 Å². The van der Waals surface area contributed by atoms with Gasteiger partial charge in [0.1, 0.15) is 17.3 Å². The molecule has 1 N–H and O–H groups in total. The minimum atomic E-state index is -0.331. The third-order valence-corrected chi connectivity index (χ3v) is 7.31. The number of hydrogen-bond acceptors (Lipinski definition) is 7. The summed E-state index contributed by atoms with van der Waals surface area (Å²) in [4.78, 5) is 25.7. The standard InChI is InChI=1S/C21H18O5S.C15H13FO/c1-14-3-4-15(2)20(13-14)21(22)16-5-7-17(8-6-16)24-18-9-11-19(12-10-18)27-26-25-23;1-10-3-4-11(2)14(9-10)15(17)12-5-7-13(16)8-6-12/h3-13,23H,1-2H3;3-9H,1-2H3. The lowest BCUT2D eigenvalue weighted by molar-refractivity contribution is -0.432. The summed E-state index contributed by atoms with van der Waals surface area (Å²) in [6.07, 6.45) is 0. The van der Waals surface area contributed by atoms with Crippen molar-refractivity contribution in [2.75, 3.05) is 0 Å². The number of carbonyl (C=O) groups is 2. The first-order valence-electron chi connectivity index (χ1n) is 13.7. The van der Waals surface area contributed by atoms with Crippen molar-refractivity contribution >= 4 is 23.6 Å². The van der Waals surface area contributed by atoms with E-state index in [1.54, 1.807) is 48.5 Å². The fraction of sp³-hybridized carbons (Fsp3) is 0.111. The molecule has 0 heterocycles. The van der Waals surface area contributed by atoms with Gasteiger partial charge in [0, 0.05) is 27.1 Å². The number of rotatable bonds is 9. The van der Waals surface area contributed by atoms with Crippen LogP contribution in [0.5, 0.6) is 11.5 Å². The first-order chi connectivity index (χ1) is 21.1. The van der Waals surface area contributed by atoms with Crippen molar-refractivity contribution in [1.29, 1.82) is 0 Å². The van der Waals surface area contributed by atoms with Crippen LogP contribution in [0.25, 0.3) is 0 Å². The van der Waals surface area contributed by atoms with Crippen molar-refractivity contribution in [3.63, 3.8) is 0 Å². The van der Waals surface area contributed by atoms with Crippen LogP contribution in [-0.4, -0.2) is 16.8 Å². The zero-order chi connectivity index (χ0) is 31.6. The highest BCUT2D eigenvalue weighted by atomic mass is 32.2. The molecule has 5 aromatic carbocycles. The van der Waals surface area contributed by atoms with E-state index < -0.39 is 0 Å². The number of ketones is 2. The highest BCUT2D eigenvalue weighted by molar-refractivity contribution is 7.94. The molecule has 5 rings (SSSR count). The van der Waals surface area contributed by atoms with Gasteiger partial charge in [-0.25, -0.2) is 9.65 Å². The molecular weight excluding hydrogens is 579 g/mol. The van der Waals surface area contributed by atoms with Crippen LogP contribution in [0, 0.1) is 33.5 Å². The maximum atomic E-state index is 12.8. The second-order valence-corrected chi connectivity index (χ2v) is 10.9. The van der Waals surface area contributed by atoms with Crippen molar-refractivity contribution in [2.45, 2.75) is 32.6 Å². The Kier molecular flexibility index (Phi) is 11.2. The normalized spacial score (nSPS) is 10.5. The molecule has 0 fully saturated rings. The SMILES string of the molecule is Cc1ccc(C)c(C(=O)c2ccc(F)cc2)c1.Cc1ccc(C)c(C(=O)c2ccc(Oc3ccc(SOOO)cc3)cc2)c1. The van der Waals surface area contributed by atoms with E-state index in [4.69, 9.17) is 9.99 Å². The van der Waals surface area contributed by atoms with Crippen LogP contribution in [0.1, 0.15) is 54.1 Å². The van der Waals surface area contributed by atoms with Crippen LogP contribution in [0.3, 0.4) is 0 Å². The Morgan fingerprint density at radius 1 is 0.614 bits per heavy atom. The van der Waals surface area contributed by atoms with E-state index in [2.05, 4.69) is 9.37 Å². The highest BCUT2D eigenvalue weighted by Crippen LogP contribution is 2.27. The molecule has 5 aromatic rings. The maximum Gasteiger partial charge on any atom is 0.193 e. The number of benzene rings is 5. The number of carbonyl (C=O) groups excluding carboxylic acids is 2. The third kappa shape index (κ3) is 8.72. The molecule has 0 aliphatic rings.